The van der Waals surface area contributed by atoms with E-state index < -0.39 is 0 Å². The average molecular weight is 326 g/mol. The van der Waals surface area contributed by atoms with Crippen LogP contribution in [0.15, 0.2) is 51.9 Å². The monoisotopic (exact) mass is 326 g/mol. The number of amides is 1. The normalized spacial score (nSPS) is 15.8. The van der Waals surface area contributed by atoms with Crippen molar-refractivity contribution in [3.8, 4) is 11.5 Å². The van der Waals surface area contributed by atoms with Crippen molar-refractivity contribution in [1.29, 1.82) is 0 Å². The van der Waals surface area contributed by atoms with E-state index in [0.29, 0.717) is 23.1 Å². The van der Waals surface area contributed by atoms with Crippen LogP contribution in [0.5, 0.6) is 0 Å². The van der Waals surface area contributed by atoms with Crippen LogP contribution in [-0.4, -0.2) is 38.8 Å². The molecule has 0 spiro atoms. The van der Waals surface area contributed by atoms with Gasteiger partial charge in [0.15, 0.2) is 11.5 Å². The predicted octanol–water partition coefficient (Wildman–Crippen LogP) is 2.68. The summed E-state index contributed by atoms with van der Waals surface area (Å²) in [7, 11) is 0. The third-order valence-electron chi connectivity index (χ3n) is 4.40. The molecule has 0 atom stereocenters. The minimum atomic E-state index is -0.0888. The van der Waals surface area contributed by atoms with E-state index in [1.165, 1.54) is 0 Å². The smallest absolute Gasteiger partial charge is 0.276 e. The lowest BCUT2D eigenvalue weighted by Gasteiger charge is -2.31. The Hall–Kier alpha value is -2.83. The molecular formula is C17H18N4O3. The van der Waals surface area contributed by atoms with Gasteiger partial charge < -0.3 is 13.8 Å². The molecule has 0 unspecified atom stereocenters. The maximum Gasteiger partial charge on any atom is 0.276 e. The summed E-state index contributed by atoms with van der Waals surface area (Å²) in [5.41, 5.74) is 0.326. The Morgan fingerprint density at radius 3 is 2.83 bits per heavy atom. The number of likely N-dealkylation sites (tertiary alicyclic amines) is 1. The van der Waals surface area contributed by atoms with Crippen molar-refractivity contribution in [2.24, 2.45) is 5.92 Å². The van der Waals surface area contributed by atoms with Crippen LogP contribution >= 0.6 is 0 Å². The largest absolute Gasteiger partial charge is 0.461 e. The first-order valence-corrected chi connectivity index (χ1v) is 8.07. The Kier molecular flexibility index (Phi) is 3.90. The highest BCUT2D eigenvalue weighted by Gasteiger charge is 2.26. The lowest BCUT2D eigenvalue weighted by atomic mass is 9.96. The summed E-state index contributed by atoms with van der Waals surface area (Å²) in [6, 6.07) is 7.11. The number of carbonyl (C=O) groups excluding carboxylic acids is 1. The van der Waals surface area contributed by atoms with Crippen molar-refractivity contribution in [2.45, 2.75) is 19.4 Å². The number of carbonyl (C=O) groups is 1. The first-order chi connectivity index (χ1) is 11.8. The average Bonchev–Trinajstić information content (AvgIpc) is 3.36. The molecule has 1 amide bonds. The SMILES string of the molecule is O=C(c1cc(-c2ccco2)on1)N1CCC(Cn2cccn2)CC1. The molecule has 1 aliphatic rings. The molecule has 3 aromatic rings. The summed E-state index contributed by atoms with van der Waals surface area (Å²) >= 11 is 0. The molecule has 0 radical (unpaired) electrons. The van der Waals surface area contributed by atoms with E-state index in [1.807, 2.05) is 21.8 Å². The summed E-state index contributed by atoms with van der Waals surface area (Å²) in [5, 5.41) is 8.13. The molecule has 0 N–H and O–H groups in total. The Morgan fingerprint density at radius 1 is 1.25 bits per heavy atom. The molecule has 3 aromatic heterocycles. The van der Waals surface area contributed by atoms with Crippen molar-refractivity contribution in [3.05, 3.63) is 48.6 Å². The van der Waals surface area contributed by atoms with Crippen molar-refractivity contribution >= 4 is 5.91 Å². The van der Waals surface area contributed by atoms with Crippen LogP contribution < -0.4 is 0 Å². The maximum absolute atomic E-state index is 12.6. The standard InChI is InChI=1S/C17H18N4O3/c22-17(14-11-16(24-19-14)15-3-1-10-23-15)20-8-4-13(5-9-20)12-21-7-2-6-18-21/h1-3,6-7,10-11,13H,4-5,8-9,12H2. The van der Waals surface area contributed by atoms with Crippen LogP contribution in [0.4, 0.5) is 0 Å². The third-order valence-corrected chi connectivity index (χ3v) is 4.40. The highest BCUT2D eigenvalue weighted by Crippen LogP contribution is 2.23. The van der Waals surface area contributed by atoms with Gasteiger partial charge in [-0.15, -0.1) is 0 Å². The van der Waals surface area contributed by atoms with Crippen LogP contribution in [-0.2, 0) is 6.54 Å². The molecule has 4 rings (SSSR count). The zero-order valence-electron chi connectivity index (χ0n) is 13.2. The molecule has 0 bridgehead atoms. The van der Waals surface area contributed by atoms with Gasteiger partial charge in [0, 0.05) is 38.1 Å². The Morgan fingerprint density at radius 2 is 2.12 bits per heavy atom. The van der Waals surface area contributed by atoms with Gasteiger partial charge in [0.25, 0.3) is 5.91 Å². The topological polar surface area (TPSA) is 77.3 Å². The molecule has 1 saturated heterocycles. The second-order valence-electron chi connectivity index (χ2n) is 6.02. The van der Waals surface area contributed by atoms with E-state index >= 15 is 0 Å². The zero-order chi connectivity index (χ0) is 16.4. The molecular weight excluding hydrogens is 308 g/mol. The van der Waals surface area contributed by atoms with E-state index in [0.717, 1.165) is 32.5 Å². The van der Waals surface area contributed by atoms with Crippen LogP contribution in [0.25, 0.3) is 11.5 Å². The molecule has 0 aliphatic carbocycles. The lowest BCUT2D eigenvalue weighted by Crippen LogP contribution is -2.39. The van der Waals surface area contributed by atoms with Gasteiger partial charge in [-0.1, -0.05) is 5.16 Å². The Balaban J connectivity index is 1.36. The van der Waals surface area contributed by atoms with Gasteiger partial charge >= 0.3 is 0 Å². The van der Waals surface area contributed by atoms with Crippen molar-refractivity contribution < 1.29 is 13.7 Å². The highest BCUT2D eigenvalue weighted by molar-refractivity contribution is 5.93. The number of nitrogens with zero attached hydrogens (tertiary/aromatic N) is 4. The quantitative estimate of drug-likeness (QED) is 0.736. The predicted molar refractivity (Wildman–Crippen MR) is 85.1 cm³/mol. The van der Waals surface area contributed by atoms with Crippen LogP contribution in [0.1, 0.15) is 23.3 Å². The summed E-state index contributed by atoms with van der Waals surface area (Å²) in [6.45, 7) is 2.36. The summed E-state index contributed by atoms with van der Waals surface area (Å²) in [4.78, 5) is 14.4. The molecule has 7 heteroatoms. The van der Waals surface area contributed by atoms with E-state index in [1.54, 1.807) is 30.7 Å². The Labute approximate surface area is 138 Å². The summed E-state index contributed by atoms with van der Waals surface area (Å²) < 4.78 is 12.4. The first-order valence-electron chi connectivity index (χ1n) is 8.07. The van der Waals surface area contributed by atoms with Crippen LogP contribution in [0, 0.1) is 5.92 Å². The molecule has 1 fully saturated rings. The lowest BCUT2D eigenvalue weighted by molar-refractivity contribution is 0.0671. The molecule has 7 nitrogen and oxygen atoms in total. The van der Waals surface area contributed by atoms with Gasteiger partial charge in [0.1, 0.15) is 0 Å². The third kappa shape index (κ3) is 2.97. The van der Waals surface area contributed by atoms with Gasteiger partial charge in [-0.3, -0.25) is 9.48 Å². The van der Waals surface area contributed by atoms with E-state index in [9.17, 15) is 4.79 Å². The van der Waals surface area contributed by atoms with Crippen molar-refractivity contribution in [1.82, 2.24) is 19.8 Å². The molecule has 4 heterocycles. The minimum absolute atomic E-state index is 0.0888. The first kappa shape index (κ1) is 14.7. The fourth-order valence-corrected chi connectivity index (χ4v) is 3.06. The number of piperidine rings is 1. The van der Waals surface area contributed by atoms with Gasteiger partial charge in [0.2, 0.25) is 5.76 Å². The van der Waals surface area contributed by atoms with E-state index in [-0.39, 0.29) is 5.91 Å². The molecule has 1 aliphatic heterocycles. The fraction of sp³-hybridized carbons (Fsp3) is 0.353. The second-order valence-corrected chi connectivity index (χ2v) is 6.02. The number of rotatable bonds is 4. The molecule has 124 valence electrons. The van der Waals surface area contributed by atoms with Gasteiger partial charge in [-0.05, 0) is 37.0 Å². The number of hydrogen-bond acceptors (Lipinski definition) is 5. The minimum Gasteiger partial charge on any atom is -0.461 e. The van der Waals surface area contributed by atoms with Gasteiger partial charge in [-0.2, -0.15) is 5.10 Å². The van der Waals surface area contributed by atoms with E-state index in [4.69, 9.17) is 8.94 Å². The highest BCUT2D eigenvalue weighted by atomic mass is 16.5. The summed E-state index contributed by atoms with van der Waals surface area (Å²) in [6.07, 6.45) is 7.26. The molecule has 0 saturated carbocycles. The molecule has 0 aromatic carbocycles. The zero-order valence-corrected chi connectivity index (χ0v) is 13.2. The van der Waals surface area contributed by atoms with Crippen molar-refractivity contribution in [2.75, 3.05) is 13.1 Å². The Bertz CT molecular complexity index is 784. The van der Waals surface area contributed by atoms with E-state index in [2.05, 4.69) is 10.3 Å². The van der Waals surface area contributed by atoms with Crippen molar-refractivity contribution in [3.63, 3.8) is 0 Å². The van der Waals surface area contributed by atoms with Gasteiger partial charge in [0.05, 0.1) is 6.26 Å². The number of hydrogen-bond donors (Lipinski definition) is 0. The molecule has 24 heavy (non-hydrogen) atoms. The van der Waals surface area contributed by atoms with Crippen LogP contribution in [0.3, 0.4) is 0 Å². The summed E-state index contributed by atoms with van der Waals surface area (Å²) in [5.74, 6) is 1.50. The maximum atomic E-state index is 12.6. The number of aromatic nitrogens is 3. The second kappa shape index (κ2) is 6.35. The number of furan rings is 1. The van der Waals surface area contributed by atoms with Gasteiger partial charge in [-0.25, -0.2) is 0 Å². The fourth-order valence-electron chi connectivity index (χ4n) is 3.06. The van der Waals surface area contributed by atoms with Crippen LogP contribution in [0.2, 0.25) is 0 Å².